The van der Waals surface area contributed by atoms with Gasteiger partial charge in [0.05, 0.1) is 22.1 Å². The fourth-order valence-electron chi connectivity index (χ4n) is 9.80. The Hall–Kier alpha value is -7.72. The Morgan fingerprint density at radius 3 is 1.51 bits per heavy atom. The van der Waals surface area contributed by atoms with Crippen LogP contribution >= 0.6 is 11.3 Å². The van der Waals surface area contributed by atoms with E-state index in [4.69, 9.17) is 0 Å². The van der Waals surface area contributed by atoms with Crippen LogP contribution in [0.3, 0.4) is 0 Å². The van der Waals surface area contributed by atoms with Gasteiger partial charge in [-0.2, -0.15) is 0 Å². The van der Waals surface area contributed by atoms with E-state index in [1.165, 1.54) is 114 Å². The van der Waals surface area contributed by atoms with Crippen LogP contribution in [0.25, 0.3) is 119 Å². The Bertz CT molecular complexity index is 3850. The van der Waals surface area contributed by atoms with Crippen molar-refractivity contribution in [2.45, 2.75) is 0 Å². The van der Waals surface area contributed by atoms with Gasteiger partial charge in [0.2, 0.25) is 0 Å². The van der Waals surface area contributed by atoms with Gasteiger partial charge in [-0.15, -0.1) is 11.3 Å². The normalized spacial score (nSPS) is 11.9. The van der Waals surface area contributed by atoms with Gasteiger partial charge >= 0.3 is 0 Å². The first-order chi connectivity index (χ1) is 30.2. The van der Waals surface area contributed by atoms with E-state index in [9.17, 15) is 0 Å². The van der Waals surface area contributed by atoms with Gasteiger partial charge in [-0.05, 0) is 105 Å². The maximum absolute atomic E-state index is 2.43. The van der Waals surface area contributed by atoms with Crippen LogP contribution in [-0.2, 0) is 0 Å². The third-order valence-electron chi connectivity index (χ3n) is 12.7. The highest BCUT2D eigenvalue weighted by Gasteiger charge is 2.17. The second-order valence-electron chi connectivity index (χ2n) is 16.1. The first-order valence-electron chi connectivity index (χ1n) is 20.9. The average molecular weight is 793 g/mol. The summed E-state index contributed by atoms with van der Waals surface area (Å²) in [4.78, 5) is 0. The number of para-hydroxylation sites is 2. The molecule has 3 heterocycles. The van der Waals surface area contributed by atoms with Crippen LogP contribution in [0.2, 0.25) is 0 Å². The molecule has 0 aliphatic rings. The van der Waals surface area contributed by atoms with Gasteiger partial charge in [-0.3, -0.25) is 0 Å². The van der Waals surface area contributed by atoms with Gasteiger partial charge in [0.25, 0.3) is 0 Å². The molecule has 0 saturated heterocycles. The van der Waals surface area contributed by atoms with Gasteiger partial charge in [0.15, 0.2) is 0 Å². The third kappa shape index (κ3) is 5.34. The summed E-state index contributed by atoms with van der Waals surface area (Å²) in [6.45, 7) is 0. The van der Waals surface area contributed by atoms with E-state index in [0.717, 1.165) is 5.69 Å². The lowest BCUT2D eigenvalue weighted by atomic mass is 9.98. The molecule has 0 saturated carbocycles. The van der Waals surface area contributed by atoms with Crippen LogP contribution in [0.4, 0.5) is 0 Å². The van der Waals surface area contributed by atoms with E-state index >= 15 is 0 Å². The molecule has 61 heavy (non-hydrogen) atoms. The lowest BCUT2D eigenvalue weighted by Gasteiger charge is -2.10. The SMILES string of the molecule is c1ccc(-n2c3ccc(-c4ccc(-c5ccc6c(c5)c5ccccc5n6-c5ccc(-c6ccc7c(c6)sc6ccccc67)cc5)cc4)cc3c3ccc4ccccc4c32)cc1. The minimum absolute atomic E-state index is 1.16. The fourth-order valence-corrected chi connectivity index (χ4v) is 10.9. The molecule has 2 nitrogen and oxygen atoms in total. The largest absolute Gasteiger partial charge is 0.309 e. The molecule has 3 aromatic heterocycles. The Balaban J connectivity index is 0.854. The minimum atomic E-state index is 1.16. The molecule has 0 spiro atoms. The monoisotopic (exact) mass is 792 g/mol. The summed E-state index contributed by atoms with van der Waals surface area (Å²) in [5.74, 6) is 0. The van der Waals surface area contributed by atoms with E-state index in [-0.39, 0.29) is 0 Å². The number of hydrogen-bond acceptors (Lipinski definition) is 1. The second kappa shape index (κ2) is 13.4. The molecular formula is C58H36N2S. The molecule has 0 radical (unpaired) electrons. The molecule has 284 valence electrons. The van der Waals surface area contributed by atoms with Crippen LogP contribution < -0.4 is 0 Å². The van der Waals surface area contributed by atoms with Crippen molar-refractivity contribution in [2.24, 2.45) is 0 Å². The topological polar surface area (TPSA) is 9.86 Å². The standard InChI is InChI=1S/C58H36N2S/c1-2-11-44(12-3-1)60-55-33-27-42(35-52(55)50-31-24-40-10-4-5-13-46(40)58(50)60)38-20-18-37(19-21-38)41-26-32-54-51(34-41)47-14-6-8-16-53(47)59(54)45-28-22-39(23-29-45)43-25-30-49-48-15-7-9-17-56(48)61-57(49)36-43/h1-36H. The van der Waals surface area contributed by atoms with Crippen LogP contribution in [0.15, 0.2) is 218 Å². The summed E-state index contributed by atoms with van der Waals surface area (Å²) >= 11 is 1.87. The van der Waals surface area contributed by atoms with Crippen LogP contribution in [0.5, 0.6) is 0 Å². The molecule has 0 amide bonds. The Morgan fingerprint density at radius 1 is 0.262 bits per heavy atom. The van der Waals surface area contributed by atoms with Crippen molar-refractivity contribution < 1.29 is 0 Å². The lowest BCUT2D eigenvalue weighted by molar-refractivity contribution is 1.18. The van der Waals surface area contributed by atoms with Gasteiger partial charge in [-0.25, -0.2) is 0 Å². The van der Waals surface area contributed by atoms with E-state index < -0.39 is 0 Å². The summed E-state index contributed by atoms with van der Waals surface area (Å²) in [5, 5.41) is 10.2. The Morgan fingerprint density at radius 2 is 0.754 bits per heavy atom. The van der Waals surface area contributed by atoms with Crippen molar-refractivity contribution in [1.29, 1.82) is 0 Å². The number of aromatic nitrogens is 2. The zero-order chi connectivity index (χ0) is 40.0. The highest BCUT2D eigenvalue weighted by molar-refractivity contribution is 7.25. The van der Waals surface area contributed by atoms with Crippen molar-refractivity contribution in [3.63, 3.8) is 0 Å². The lowest BCUT2D eigenvalue weighted by Crippen LogP contribution is -1.94. The fraction of sp³-hybridized carbons (Fsp3) is 0. The van der Waals surface area contributed by atoms with Gasteiger partial charge in [-0.1, -0.05) is 152 Å². The molecule has 0 atom stereocenters. The molecule has 0 fully saturated rings. The van der Waals surface area contributed by atoms with Crippen LogP contribution in [0, 0.1) is 0 Å². The average Bonchev–Trinajstić information content (AvgIpc) is 3.99. The van der Waals surface area contributed by atoms with Crippen molar-refractivity contribution >= 4 is 85.9 Å². The van der Waals surface area contributed by atoms with E-state index in [1.807, 2.05) is 11.3 Å². The van der Waals surface area contributed by atoms with Crippen LogP contribution in [0.1, 0.15) is 0 Å². The molecule has 10 aromatic carbocycles. The smallest absolute Gasteiger partial charge is 0.0619 e. The van der Waals surface area contributed by atoms with Crippen molar-refractivity contribution in [2.75, 3.05) is 0 Å². The molecular weight excluding hydrogens is 757 g/mol. The molecule has 13 aromatic rings. The van der Waals surface area contributed by atoms with E-state index in [0.29, 0.717) is 0 Å². The molecule has 0 unspecified atom stereocenters. The number of benzene rings is 10. The molecule has 0 bridgehead atoms. The van der Waals surface area contributed by atoms with Gasteiger partial charge < -0.3 is 9.13 Å². The highest BCUT2D eigenvalue weighted by atomic mass is 32.1. The number of nitrogens with zero attached hydrogens (tertiary/aromatic N) is 2. The highest BCUT2D eigenvalue weighted by Crippen LogP contribution is 2.41. The summed E-state index contributed by atoms with van der Waals surface area (Å²) in [7, 11) is 0. The first-order valence-corrected chi connectivity index (χ1v) is 21.7. The Kier molecular flexibility index (Phi) is 7.51. The zero-order valence-electron chi connectivity index (χ0n) is 33.1. The number of rotatable bonds is 5. The maximum Gasteiger partial charge on any atom is 0.0619 e. The third-order valence-corrected chi connectivity index (χ3v) is 13.9. The van der Waals surface area contributed by atoms with E-state index in [2.05, 4.69) is 228 Å². The summed E-state index contributed by atoms with van der Waals surface area (Å²) < 4.78 is 7.50. The molecule has 0 aliphatic heterocycles. The number of hydrogen-bond donors (Lipinski definition) is 0. The van der Waals surface area contributed by atoms with Crippen molar-refractivity contribution in [3.05, 3.63) is 218 Å². The summed E-state index contributed by atoms with van der Waals surface area (Å²) in [6, 6.07) is 80.4. The summed E-state index contributed by atoms with van der Waals surface area (Å²) in [6.07, 6.45) is 0. The first kappa shape index (κ1) is 34.2. The molecule has 13 rings (SSSR count). The minimum Gasteiger partial charge on any atom is -0.309 e. The van der Waals surface area contributed by atoms with Crippen molar-refractivity contribution in [1.82, 2.24) is 9.13 Å². The molecule has 0 aliphatic carbocycles. The Labute approximate surface area is 356 Å². The second-order valence-corrected chi connectivity index (χ2v) is 17.2. The summed E-state index contributed by atoms with van der Waals surface area (Å²) in [5.41, 5.74) is 14.5. The van der Waals surface area contributed by atoms with E-state index in [1.54, 1.807) is 0 Å². The molecule has 0 N–H and O–H groups in total. The quantitative estimate of drug-likeness (QED) is 0.164. The maximum atomic E-state index is 2.43. The van der Waals surface area contributed by atoms with Crippen LogP contribution in [-0.4, -0.2) is 9.13 Å². The zero-order valence-corrected chi connectivity index (χ0v) is 33.9. The number of fused-ring (bicyclic) bond motifs is 11. The predicted molar refractivity (Wildman–Crippen MR) is 262 cm³/mol. The number of thiophene rings is 1. The molecule has 3 heteroatoms. The van der Waals surface area contributed by atoms with Crippen molar-refractivity contribution in [3.8, 4) is 44.8 Å². The van der Waals surface area contributed by atoms with Gasteiger partial charge in [0.1, 0.15) is 0 Å². The predicted octanol–water partition coefficient (Wildman–Crippen LogP) is 16.4. The van der Waals surface area contributed by atoms with Gasteiger partial charge in [0, 0.05) is 58.5 Å².